The summed E-state index contributed by atoms with van der Waals surface area (Å²) in [6.45, 7) is -0.942. The van der Waals surface area contributed by atoms with Crippen molar-refractivity contribution in [3.05, 3.63) is 0 Å². The van der Waals surface area contributed by atoms with Crippen LogP contribution in [0.25, 0.3) is 0 Å². The smallest absolute Gasteiger partial charge is 0.396 e. The van der Waals surface area contributed by atoms with Crippen LogP contribution in [-0.2, 0) is 19.1 Å². The Kier molecular flexibility index (Phi) is 6.66. The number of aliphatic hydroxyl groups excluding tert-OH is 5. The van der Waals surface area contributed by atoms with Gasteiger partial charge in [0, 0.05) is 12.8 Å². The van der Waals surface area contributed by atoms with Crippen molar-refractivity contribution in [2.75, 3.05) is 6.61 Å². The Morgan fingerprint density at radius 2 is 1.41 bits per heavy atom. The summed E-state index contributed by atoms with van der Waals surface area (Å²) in [5, 5.41) is 57.0. The van der Waals surface area contributed by atoms with E-state index in [-0.39, 0.29) is 12.8 Å². The van der Waals surface area contributed by atoms with Gasteiger partial charge >= 0.3 is 17.9 Å². The van der Waals surface area contributed by atoms with Crippen LogP contribution >= 0.6 is 0 Å². The van der Waals surface area contributed by atoms with Gasteiger partial charge in [0.1, 0.15) is 18.3 Å². The van der Waals surface area contributed by atoms with Gasteiger partial charge in [-0.15, -0.1) is 0 Å². The normalized spacial score (nSPS) is 24.8. The largest absolute Gasteiger partial charge is 0.403 e. The second-order valence-corrected chi connectivity index (χ2v) is 4.96. The van der Waals surface area contributed by atoms with E-state index < -0.39 is 48.9 Å². The van der Waals surface area contributed by atoms with Gasteiger partial charge in [0.2, 0.25) is 0 Å². The molecule has 0 spiro atoms. The van der Waals surface area contributed by atoms with E-state index in [0.29, 0.717) is 12.8 Å². The van der Waals surface area contributed by atoms with Crippen molar-refractivity contribution in [1.29, 1.82) is 0 Å². The number of cyclic esters (lactones) is 2. The fraction of sp³-hybridized carbons (Fsp3) is 0.833. The van der Waals surface area contributed by atoms with E-state index in [2.05, 4.69) is 9.47 Å². The maximum Gasteiger partial charge on any atom is 0.403 e. The molecule has 0 aromatic rings. The maximum atomic E-state index is 11.5. The molecule has 0 radical (unpaired) electrons. The van der Waals surface area contributed by atoms with E-state index in [0.717, 1.165) is 0 Å². The minimum atomic E-state index is -3.21. The first kappa shape index (κ1) is 18.7. The highest BCUT2D eigenvalue weighted by Crippen LogP contribution is 2.24. The summed E-state index contributed by atoms with van der Waals surface area (Å²) in [5.74, 6) is -5.19. The SMILES string of the molecule is O=C1CCCCC(=O)OC(O)([C@H](O)[C@H](O)[C@H](O)[C@@H](O)CO)O1. The molecule has 1 rings (SSSR count). The van der Waals surface area contributed by atoms with Gasteiger partial charge in [0.25, 0.3) is 0 Å². The van der Waals surface area contributed by atoms with E-state index >= 15 is 0 Å². The standard InChI is InChI=1S/C12H20O10/c13-5-6(14)9(17)10(18)11(19)12(20)21-7(15)3-1-2-4-8(16)22-12/h6,9-11,13-14,17-20H,1-5H2/t6-,9+,10+,11+/m0/s1. The van der Waals surface area contributed by atoms with Crippen molar-refractivity contribution >= 4 is 11.9 Å². The second-order valence-electron chi connectivity index (χ2n) is 4.96. The number of aliphatic hydroxyl groups is 6. The molecule has 10 nitrogen and oxygen atoms in total. The molecule has 0 amide bonds. The Labute approximate surface area is 125 Å². The molecule has 0 saturated carbocycles. The number of hydrogen-bond donors (Lipinski definition) is 6. The van der Waals surface area contributed by atoms with Gasteiger partial charge in [-0.1, -0.05) is 0 Å². The number of carbonyl (C=O) groups is 2. The Balaban J connectivity index is 2.94. The number of hydrogen-bond acceptors (Lipinski definition) is 10. The molecule has 22 heavy (non-hydrogen) atoms. The zero-order chi connectivity index (χ0) is 16.9. The molecular formula is C12H20O10. The van der Waals surface area contributed by atoms with E-state index in [4.69, 9.17) is 5.11 Å². The third kappa shape index (κ3) is 4.60. The van der Waals surface area contributed by atoms with Crippen LogP contribution in [0.4, 0.5) is 0 Å². The third-order valence-electron chi connectivity index (χ3n) is 3.16. The van der Waals surface area contributed by atoms with Gasteiger partial charge in [-0.05, 0) is 12.8 Å². The van der Waals surface area contributed by atoms with Crippen LogP contribution in [0.1, 0.15) is 25.7 Å². The first-order chi connectivity index (χ1) is 10.2. The van der Waals surface area contributed by atoms with E-state index in [9.17, 15) is 35.1 Å². The topological polar surface area (TPSA) is 174 Å². The van der Waals surface area contributed by atoms with Crippen LogP contribution in [0, 0.1) is 0 Å². The molecule has 128 valence electrons. The molecule has 0 aromatic heterocycles. The van der Waals surface area contributed by atoms with E-state index in [1.54, 1.807) is 0 Å². The molecule has 0 aromatic carbocycles. The summed E-state index contributed by atoms with van der Waals surface area (Å²) < 4.78 is 8.97. The minimum absolute atomic E-state index is 0.149. The average molecular weight is 324 g/mol. The van der Waals surface area contributed by atoms with Crippen molar-refractivity contribution < 1.29 is 49.7 Å². The summed E-state index contributed by atoms with van der Waals surface area (Å²) in [6, 6.07) is 0. The minimum Gasteiger partial charge on any atom is -0.396 e. The van der Waals surface area contributed by atoms with Gasteiger partial charge in [0.15, 0.2) is 6.10 Å². The molecule has 1 aliphatic heterocycles. The zero-order valence-corrected chi connectivity index (χ0v) is 11.7. The van der Waals surface area contributed by atoms with Crippen LogP contribution in [0.2, 0.25) is 0 Å². The molecule has 1 aliphatic rings. The van der Waals surface area contributed by atoms with Crippen molar-refractivity contribution in [1.82, 2.24) is 0 Å². The lowest BCUT2D eigenvalue weighted by molar-refractivity contribution is -0.375. The lowest BCUT2D eigenvalue weighted by Crippen LogP contribution is -2.59. The fourth-order valence-corrected chi connectivity index (χ4v) is 1.85. The number of rotatable bonds is 5. The Bertz CT molecular complexity index is 377. The second kappa shape index (κ2) is 7.81. The Hall–Kier alpha value is -1.30. The van der Waals surface area contributed by atoms with Gasteiger partial charge in [-0.25, -0.2) is 0 Å². The lowest BCUT2D eigenvalue weighted by atomic mass is 10.0. The highest BCUT2D eigenvalue weighted by molar-refractivity contribution is 5.72. The molecule has 10 heteroatoms. The maximum absolute atomic E-state index is 11.5. The molecular weight excluding hydrogens is 304 g/mol. The third-order valence-corrected chi connectivity index (χ3v) is 3.16. The molecule has 0 bridgehead atoms. The molecule has 0 unspecified atom stereocenters. The highest BCUT2D eigenvalue weighted by atomic mass is 16.8. The van der Waals surface area contributed by atoms with E-state index in [1.165, 1.54) is 0 Å². The summed E-state index contributed by atoms with van der Waals surface area (Å²) in [7, 11) is 0. The van der Waals surface area contributed by atoms with E-state index in [1.807, 2.05) is 0 Å². The first-order valence-electron chi connectivity index (χ1n) is 6.70. The van der Waals surface area contributed by atoms with Crippen LogP contribution in [-0.4, -0.2) is 79.6 Å². The predicted molar refractivity (Wildman–Crippen MR) is 66.7 cm³/mol. The van der Waals surface area contributed by atoms with Gasteiger partial charge in [0.05, 0.1) is 6.61 Å². The number of esters is 2. The molecule has 4 atom stereocenters. The lowest BCUT2D eigenvalue weighted by Gasteiger charge is -2.35. The molecule has 6 N–H and O–H groups in total. The number of ether oxygens (including phenoxy) is 2. The monoisotopic (exact) mass is 324 g/mol. The van der Waals surface area contributed by atoms with Gasteiger partial charge in [-0.3, -0.25) is 9.59 Å². The van der Waals surface area contributed by atoms with Crippen molar-refractivity contribution in [3.8, 4) is 0 Å². The van der Waals surface area contributed by atoms with Crippen LogP contribution in [0.5, 0.6) is 0 Å². The summed E-state index contributed by atoms with van der Waals surface area (Å²) in [6.07, 6.45) is -8.36. The summed E-state index contributed by atoms with van der Waals surface area (Å²) in [5.41, 5.74) is 0. The molecule has 1 heterocycles. The quantitative estimate of drug-likeness (QED) is 0.281. The molecule has 1 saturated heterocycles. The fourth-order valence-electron chi connectivity index (χ4n) is 1.85. The van der Waals surface area contributed by atoms with Crippen molar-refractivity contribution in [2.45, 2.75) is 56.1 Å². The van der Waals surface area contributed by atoms with Crippen LogP contribution < -0.4 is 0 Å². The summed E-state index contributed by atoms with van der Waals surface area (Å²) in [4.78, 5) is 23.0. The number of carbonyl (C=O) groups excluding carboxylic acids is 2. The van der Waals surface area contributed by atoms with Crippen LogP contribution in [0.15, 0.2) is 0 Å². The van der Waals surface area contributed by atoms with Crippen molar-refractivity contribution in [3.63, 3.8) is 0 Å². The Morgan fingerprint density at radius 3 is 1.82 bits per heavy atom. The van der Waals surface area contributed by atoms with Crippen molar-refractivity contribution in [2.24, 2.45) is 0 Å². The van der Waals surface area contributed by atoms with Gasteiger partial charge < -0.3 is 40.1 Å². The zero-order valence-electron chi connectivity index (χ0n) is 11.7. The average Bonchev–Trinajstić information content (AvgIpc) is 2.53. The van der Waals surface area contributed by atoms with Gasteiger partial charge in [-0.2, -0.15) is 0 Å². The van der Waals surface area contributed by atoms with Crippen LogP contribution in [0.3, 0.4) is 0 Å². The first-order valence-corrected chi connectivity index (χ1v) is 6.70. The molecule has 1 fully saturated rings. The molecule has 0 aliphatic carbocycles. The Morgan fingerprint density at radius 1 is 0.955 bits per heavy atom. The predicted octanol–water partition coefficient (Wildman–Crippen LogP) is -3.27. The highest BCUT2D eigenvalue weighted by Gasteiger charge is 2.51. The summed E-state index contributed by atoms with van der Waals surface area (Å²) >= 11 is 0.